The van der Waals surface area contributed by atoms with Crippen LogP contribution in [-0.2, 0) is 4.79 Å². The zero-order chi connectivity index (χ0) is 19.6. The fourth-order valence-electron chi connectivity index (χ4n) is 3.30. The first-order chi connectivity index (χ1) is 13.0. The molecule has 150 valence electrons. The molecule has 1 aromatic rings. The van der Waals surface area contributed by atoms with Crippen LogP contribution in [0.5, 0.6) is 11.5 Å². The third-order valence-corrected chi connectivity index (χ3v) is 5.01. The Hall–Kier alpha value is -2.08. The van der Waals surface area contributed by atoms with Gasteiger partial charge in [-0.05, 0) is 63.4 Å². The van der Waals surface area contributed by atoms with Crippen LogP contribution in [-0.4, -0.2) is 56.5 Å². The van der Waals surface area contributed by atoms with Gasteiger partial charge in [0.1, 0.15) is 0 Å². The number of carbonyl (C=O) groups is 2. The Morgan fingerprint density at radius 3 is 2.59 bits per heavy atom. The molecule has 27 heavy (non-hydrogen) atoms. The zero-order valence-electron chi connectivity index (χ0n) is 16.8. The lowest BCUT2D eigenvalue weighted by atomic mass is 9.96. The minimum Gasteiger partial charge on any atom is -0.493 e. The summed E-state index contributed by atoms with van der Waals surface area (Å²) in [6, 6.07) is 5.15. The second-order valence-corrected chi connectivity index (χ2v) is 7.01. The number of benzene rings is 1. The highest BCUT2D eigenvalue weighted by molar-refractivity contribution is 5.94. The van der Waals surface area contributed by atoms with Gasteiger partial charge in [-0.1, -0.05) is 6.92 Å². The monoisotopic (exact) mass is 376 g/mol. The molecular weight excluding hydrogens is 344 g/mol. The van der Waals surface area contributed by atoms with Crippen molar-refractivity contribution in [1.82, 2.24) is 10.2 Å². The Morgan fingerprint density at radius 2 is 1.96 bits per heavy atom. The molecule has 1 aromatic carbocycles. The highest BCUT2D eigenvalue weighted by Crippen LogP contribution is 2.28. The summed E-state index contributed by atoms with van der Waals surface area (Å²) < 4.78 is 11.0. The van der Waals surface area contributed by atoms with Gasteiger partial charge in [-0.3, -0.25) is 9.59 Å². The highest BCUT2D eigenvalue weighted by atomic mass is 16.5. The SMILES string of the molecule is CCNCC1CCN(C(=O)CCCOc2ccc(C(C)=O)cc2OC)CC1. The normalized spacial score (nSPS) is 14.9. The van der Waals surface area contributed by atoms with E-state index in [1.807, 2.05) is 4.90 Å². The average molecular weight is 376 g/mol. The molecule has 0 unspecified atom stereocenters. The van der Waals surface area contributed by atoms with Gasteiger partial charge in [-0.15, -0.1) is 0 Å². The van der Waals surface area contributed by atoms with Crippen LogP contribution in [0.25, 0.3) is 0 Å². The maximum Gasteiger partial charge on any atom is 0.222 e. The average Bonchev–Trinajstić information content (AvgIpc) is 2.69. The second kappa shape index (κ2) is 10.9. The lowest BCUT2D eigenvalue weighted by Gasteiger charge is -2.32. The molecular formula is C21H32N2O4. The quantitative estimate of drug-likeness (QED) is 0.502. The van der Waals surface area contributed by atoms with Gasteiger partial charge in [-0.2, -0.15) is 0 Å². The molecule has 1 amide bonds. The number of nitrogens with zero attached hydrogens (tertiary/aromatic N) is 1. The Morgan fingerprint density at radius 1 is 1.22 bits per heavy atom. The van der Waals surface area contributed by atoms with Crippen molar-refractivity contribution in [3.05, 3.63) is 23.8 Å². The fraction of sp³-hybridized carbons (Fsp3) is 0.619. The van der Waals surface area contributed by atoms with E-state index < -0.39 is 0 Å². The van der Waals surface area contributed by atoms with E-state index in [2.05, 4.69) is 12.2 Å². The molecule has 6 heteroatoms. The summed E-state index contributed by atoms with van der Waals surface area (Å²) in [5.41, 5.74) is 0.590. The van der Waals surface area contributed by atoms with Crippen LogP contribution in [0.4, 0.5) is 0 Å². The number of ketones is 1. The maximum atomic E-state index is 12.4. The first-order valence-corrected chi connectivity index (χ1v) is 9.85. The second-order valence-electron chi connectivity index (χ2n) is 7.01. The Bertz CT molecular complexity index is 625. The number of methoxy groups -OCH3 is 1. The van der Waals surface area contributed by atoms with E-state index in [1.54, 1.807) is 25.3 Å². The van der Waals surface area contributed by atoms with Crippen molar-refractivity contribution >= 4 is 11.7 Å². The first-order valence-electron chi connectivity index (χ1n) is 9.85. The van der Waals surface area contributed by atoms with Crippen molar-refractivity contribution in [2.45, 2.75) is 39.5 Å². The first kappa shape index (κ1) is 21.2. The molecule has 0 bridgehead atoms. The van der Waals surface area contributed by atoms with Crippen LogP contribution in [0.3, 0.4) is 0 Å². The van der Waals surface area contributed by atoms with Crippen LogP contribution in [0.1, 0.15) is 49.9 Å². The predicted molar refractivity (Wildman–Crippen MR) is 106 cm³/mol. The van der Waals surface area contributed by atoms with Gasteiger partial charge < -0.3 is 19.7 Å². The molecule has 2 rings (SSSR count). The fourth-order valence-corrected chi connectivity index (χ4v) is 3.30. The van der Waals surface area contributed by atoms with E-state index in [4.69, 9.17) is 9.47 Å². The topological polar surface area (TPSA) is 67.9 Å². The number of likely N-dealkylation sites (tertiary alicyclic amines) is 1. The van der Waals surface area contributed by atoms with E-state index in [9.17, 15) is 9.59 Å². The van der Waals surface area contributed by atoms with Crippen molar-refractivity contribution in [3.8, 4) is 11.5 Å². The zero-order valence-corrected chi connectivity index (χ0v) is 16.8. The summed E-state index contributed by atoms with van der Waals surface area (Å²) in [4.78, 5) is 25.8. The number of piperidine rings is 1. The smallest absolute Gasteiger partial charge is 0.222 e. The summed E-state index contributed by atoms with van der Waals surface area (Å²) in [5, 5.41) is 3.39. The molecule has 1 heterocycles. The predicted octanol–water partition coefficient (Wildman–Crippen LogP) is 2.90. The van der Waals surface area contributed by atoms with Crippen LogP contribution < -0.4 is 14.8 Å². The van der Waals surface area contributed by atoms with Crippen molar-refractivity contribution < 1.29 is 19.1 Å². The van der Waals surface area contributed by atoms with Crippen molar-refractivity contribution in [2.75, 3.05) is 39.9 Å². The van der Waals surface area contributed by atoms with Crippen LogP contribution in [0, 0.1) is 5.92 Å². The molecule has 1 fully saturated rings. The standard InChI is InChI=1S/C21H32N2O4/c1-4-22-15-17-9-11-23(12-10-17)21(25)6-5-13-27-19-8-7-18(16(2)24)14-20(19)26-3/h7-8,14,17,22H,4-6,9-13,15H2,1-3H3. The largest absolute Gasteiger partial charge is 0.493 e. The molecule has 0 atom stereocenters. The molecule has 0 aliphatic carbocycles. The van der Waals surface area contributed by atoms with Gasteiger partial charge in [0, 0.05) is 25.1 Å². The summed E-state index contributed by atoms with van der Waals surface area (Å²) in [7, 11) is 1.55. The van der Waals surface area contributed by atoms with Gasteiger partial charge in [0.2, 0.25) is 5.91 Å². The lowest BCUT2D eigenvalue weighted by Crippen LogP contribution is -2.40. The van der Waals surface area contributed by atoms with Crippen LogP contribution in [0.2, 0.25) is 0 Å². The molecule has 1 N–H and O–H groups in total. The minimum atomic E-state index is -0.0142. The Kier molecular flexibility index (Phi) is 8.58. The summed E-state index contributed by atoms with van der Waals surface area (Å²) in [6.45, 7) is 7.85. The molecule has 6 nitrogen and oxygen atoms in total. The molecule has 1 aliphatic heterocycles. The Balaban J connectivity index is 1.71. The van der Waals surface area contributed by atoms with Gasteiger partial charge in [0.05, 0.1) is 13.7 Å². The lowest BCUT2D eigenvalue weighted by molar-refractivity contribution is -0.132. The van der Waals surface area contributed by atoms with Crippen LogP contribution >= 0.6 is 0 Å². The minimum absolute atomic E-state index is 0.0142. The van der Waals surface area contributed by atoms with E-state index in [-0.39, 0.29) is 11.7 Å². The number of amides is 1. The summed E-state index contributed by atoms with van der Waals surface area (Å²) >= 11 is 0. The van der Waals surface area contributed by atoms with Crippen molar-refractivity contribution in [1.29, 1.82) is 0 Å². The van der Waals surface area contributed by atoms with Gasteiger partial charge in [0.25, 0.3) is 0 Å². The van der Waals surface area contributed by atoms with E-state index >= 15 is 0 Å². The van der Waals surface area contributed by atoms with Gasteiger partial charge >= 0.3 is 0 Å². The molecule has 0 radical (unpaired) electrons. The highest BCUT2D eigenvalue weighted by Gasteiger charge is 2.22. The number of Topliss-reactive ketones (excluding diaryl/α,β-unsaturated/α-hetero) is 1. The van der Waals surface area contributed by atoms with E-state index in [1.165, 1.54) is 6.92 Å². The van der Waals surface area contributed by atoms with E-state index in [0.29, 0.717) is 42.4 Å². The van der Waals surface area contributed by atoms with Gasteiger partial charge in [-0.25, -0.2) is 0 Å². The van der Waals surface area contributed by atoms with Crippen LogP contribution in [0.15, 0.2) is 18.2 Å². The summed E-state index contributed by atoms with van der Waals surface area (Å²) in [6.07, 6.45) is 3.31. The molecule has 0 aromatic heterocycles. The molecule has 0 spiro atoms. The van der Waals surface area contributed by atoms with E-state index in [0.717, 1.165) is 39.0 Å². The van der Waals surface area contributed by atoms with Crippen molar-refractivity contribution in [3.63, 3.8) is 0 Å². The number of hydrogen-bond donors (Lipinski definition) is 1. The van der Waals surface area contributed by atoms with Gasteiger partial charge in [0.15, 0.2) is 17.3 Å². The molecule has 1 saturated heterocycles. The van der Waals surface area contributed by atoms with Crippen molar-refractivity contribution in [2.24, 2.45) is 5.92 Å². The number of rotatable bonds is 10. The third kappa shape index (κ3) is 6.54. The summed E-state index contributed by atoms with van der Waals surface area (Å²) in [5.74, 6) is 2.01. The maximum absolute atomic E-state index is 12.4. The third-order valence-electron chi connectivity index (χ3n) is 5.01. The number of nitrogens with one attached hydrogen (secondary N) is 1. The number of hydrogen-bond acceptors (Lipinski definition) is 5. The number of carbonyl (C=O) groups excluding carboxylic acids is 2. The molecule has 1 aliphatic rings. The Labute approximate surface area is 162 Å². The molecule has 0 saturated carbocycles. The number of ether oxygens (including phenoxy) is 2.